The van der Waals surface area contributed by atoms with Gasteiger partial charge in [0, 0.05) is 0 Å². The zero-order chi connectivity index (χ0) is 16.8. The predicted octanol–water partition coefficient (Wildman–Crippen LogP) is 5.94. The Hall–Kier alpha value is 1.58. The number of aliphatic hydroxyl groups excluding tert-OH is 1. The van der Waals surface area contributed by atoms with Crippen LogP contribution in [0.4, 0.5) is 0 Å². The van der Waals surface area contributed by atoms with Gasteiger partial charge in [-0.3, -0.25) is 0 Å². The van der Waals surface area contributed by atoms with Crippen molar-refractivity contribution >= 4 is 55.1 Å². The van der Waals surface area contributed by atoms with Crippen LogP contribution >= 0.6 is 47.0 Å². The topological polar surface area (TPSA) is 20.2 Å². The zero-order valence-electron chi connectivity index (χ0n) is 15.0. The minimum Gasteiger partial charge on any atom is -0.393 e. The van der Waals surface area contributed by atoms with Crippen molar-refractivity contribution in [3.05, 3.63) is 0 Å². The molecule has 0 aliphatic carbocycles. The van der Waals surface area contributed by atoms with E-state index in [1.165, 1.54) is 55.1 Å². The highest BCUT2D eigenvalue weighted by Crippen LogP contribution is 2.51. The summed E-state index contributed by atoms with van der Waals surface area (Å²) in [5.74, 6) is 5.29. The lowest BCUT2D eigenvalue weighted by molar-refractivity contribution is 0.156. The maximum atomic E-state index is 10.3. The standard InChI is InChI=1S/C17H34OS4Si/c1-23(2,3)17(21-12-7-13-22-17)9-5-4-8-15(18)14-16-19-10-6-11-20-16/h15-16,18H,4-14H2,1-3H3. The molecule has 0 aromatic carbocycles. The van der Waals surface area contributed by atoms with Gasteiger partial charge < -0.3 is 5.11 Å². The zero-order valence-corrected chi connectivity index (χ0v) is 19.3. The van der Waals surface area contributed by atoms with Gasteiger partial charge in [-0.25, -0.2) is 0 Å². The Labute approximate surface area is 161 Å². The summed E-state index contributed by atoms with van der Waals surface area (Å²) in [6, 6.07) is 0. The highest BCUT2D eigenvalue weighted by Gasteiger charge is 2.44. The molecule has 2 aliphatic heterocycles. The maximum Gasteiger partial charge on any atom is 0.0752 e. The molecule has 1 N–H and O–H groups in total. The molecule has 0 bridgehead atoms. The van der Waals surface area contributed by atoms with Crippen LogP contribution in [0.3, 0.4) is 0 Å². The van der Waals surface area contributed by atoms with E-state index in [-0.39, 0.29) is 6.10 Å². The first-order chi connectivity index (χ1) is 10.9. The Bertz CT molecular complexity index is 336. The Morgan fingerprint density at radius 1 is 1.00 bits per heavy atom. The number of thioether (sulfide) groups is 4. The molecule has 1 unspecified atom stereocenters. The lowest BCUT2D eigenvalue weighted by Crippen LogP contribution is -2.48. The molecule has 2 rings (SSSR count). The van der Waals surface area contributed by atoms with E-state index in [0.29, 0.717) is 8.28 Å². The van der Waals surface area contributed by atoms with E-state index in [9.17, 15) is 5.11 Å². The number of hydrogen-bond acceptors (Lipinski definition) is 5. The van der Waals surface area contributed by atoms with Crippen LogP contribution in [-0.2, 0) is 0 Å². The summed E-state index contributed by atoms with van der Waals surface area (Å²) in [5.41, 5.74) is 0. The number of unbranched alkanes of at least 4 members (excludes halogenated alkanes) is 1. The fourth-order valence-corrected chi connectivity index (χ4v) is 14.1. The van der Waals surface area contributed by atoms with E-state index in [2.05, 4.69) is 66.7 Å². The quantitative estimate of drug-likeness (QED) is 0.393. The van der Waals surface area contributed by atoms with Crippen molar-refractivity contribution < 1.29 is 5.11 Å². The lowest BCUT2D eigenvalue weighted by Gasteiger charge is -2.45. The molecule has 0 amide bonds. The summed E-state index contributed by atoms with van der Waals surface area (Å²) < 4.78 is 1.18. The van der Waals surface area contributed by atoms with Crippen LogP contribution in [-0.4, -0.2) is 50.6 Å². The van der Waals surface area contributed by atoms with Crippen LogP contribution in [0.1, 0.15) is 44.9 Å². The van der Waals surface area contributed by atoms with Crippen molar-refractivity contribution in [2.45, 2.75) is 79.0 Å². The summed E-state index contributed by atoms with van der Waals surface area (Å²) in [5, 5.41) is 10.3. The monoisotopic (exact) mass is 410 g/mol. The van der Waals surface area contributed by atoms with Crippen molar-refractivity contribution in [1.82, 2.24) is 0 Å². The molecule has 0 aromatic heterocycles. The van der Waals surface area contributed by atoms with E-state index < -0.39 is 8.07 Å². The molecule has 0 aromatic rings. The van der Waals surface area contributed by atoms with E-state index in [1.807, 2.05) is 0 Å². The van der Waals surface area contributed by atoms with E-state index in [1.54, 1.807) is 0 Å². The highest BCUT2D eigenvalue weighted by atomic mass is 32.2. The summed E-state index contributed by atoms with van der Waals surface area (Å²) in [7, 11) is -1.16. The highest BCUT2D eigenvalue weighted by molar-refractivity contribution is 8.21. The van der Waals surface area contributed by atoms with Gasteiger partial charge in [-0.05, 0) is 55.1 Å². The Morgan fingerprint density at radius 3 is 2.22 bits per heavy atom. The van der Waals surface area contributed by atoms with Gasteiger partial charge in [0.15, 0.2) is 0 Å². The lowest BCUT2D eigenvalue weighted by atomic mass is 10.1. The molecule has 136 valence electrons. The molecule has 1 nitrogen and oxygen atoms in total. The van der Waals surface area contributed by atoms with Crippen molar-refractivity contribution in [2.75, 3.05) is 23.0 Å². The fraction of sp³-hybridized carbons (Fsp3) is 1.00. The Morgan fingerprint density at radius 2 is 1.61 bits per heavy atom. The van der Waals surface area contributed by atoms with E-state index in [4.69, 9.17) is 0 Å². The average molecular weight is 411 g/mol. The Balaban J connectivity index is 1.68. The van der Waals surface area contributed by atoms with Crippen molar-refractivity contribution in [3.8, 4) is 0 Å². The van der Waals surface area contributed by atoms with Gasteiger partial charge in [0.1, 0.15) is 0 Å². The third kappa shape index (κ3) is 6.67. The largest absolute Gasteiger partial charge is 0.393 e. The summed E-state index contributed by atoms with van der Waals surface area (Å²) >= 11 is 8.64. The third-order valence-electron chi connectivity index (χ3n) is 4.76. The van der Waals surface area contributed by atoms with Crippen LogP contribution in [0, 0.1) is 0 Å². The number of hydrogen-bond donors (Lipinski definition) is 1. The van der Waals surface area contributed by atoms with Crippen LogP contribution in [0.2, 0.25) is 19.6 Å². The Kier molecular flexibility index (Phi) is 9.13. The first-order valence-electron chi connectivity index (χ1n) is 9.12. The molecular formula is C17H34OS4Si. The van der Waals surface area contributed by atoms with Crippen LogP contribution < -0.4 is 0 Å². The number of rotatable bonds is 8. The number of aliphatic hydroxyl groups is 1. The SMILES string of the molecule is C[Si](C)(C)C1(CCCCC(O)CC2SCCCS2)SCCCS1. The van der Waals surface area contributed by atoms with Gasteiger partial charge in [-0.1, -0.05) is 32.5 Å². The first-order valence-corrected chi connectivity index (χ1v) is 16.7. The smallest absolute Gasteiger partial charge is 0.0752 e. The second-order valence-corrected chi connectivity index (χ2v) is 19.8. The van der Waals surface area contributed by atoms with Crippen molar-refractivity contribution in [3.63, 3.8) is 0 Å². The first kappa shape index (κ1) is 20.9. The van der Waals surface area contributed by atoms with Gasteiger partial charge in [-0.15, -0.1) is 47.0 Å². The normalized spacial score (nSPS) is 24.5. The minimum absolute atomic E-state index is 0.0763. The summed E-state index contributed by atoms with van der Waals surface area (Å²) in [6.07, 6.45) is 8.52. The van der Waals surface area contributed by atoms with Crippen molar-refractivity contribution in [2.24, 2.45) is 0 Å². The van der Waals surface area contributed by atoms with E-state index in [0.717, 1.165) is 12.8 Å². The van der Waals surface area contributed by atoms with Gasteiger partial charge in [0.05, 0.1) is 22.5 Å². The molecule has 6 heteroatoms. The maximum absolute atomic E-state index is 10.3. The molecule has 0 spiro atoms. The molecule has 2 fully saturated rings. The fourth-order valence-electron chi connectivity index (χ4n) is 3.28. The molecular weight excluding hydrogens is 377 g/mol. The molecule has 1 atom stereocenters. The molecule has 0 radical (unpaired) electrons. The second kappa shape index (κ2) is 10.1. The van der Waals surface area contributed by atoms with Gasteiger partial charge >= 0.3 is 0 Å². The van der Waals surface area contributed by atoms with Gasteiger partial charge in [0.2, 0.25) is 0 Å². The van der Waals surface area contributed by atoms with Crippen LogP contribution in [0.15, 0.2) is 0 Å². The van der Waals surface area contributed by atoms with Crippen molar-refractivity contribution in [1.29, 1.82) is 0 Å². The van der Waals surface area contributed by atoms with E-state index >= 15 is 0 Å². The van der Waals surface area contributed by atoms with Crippen LogP contribution in [0.25, 0.3) is 0 Å². The molecule has 23 heavy (non-hydrogen) atoms. The van der Waals surface area contributed by atoms with Gasteiger partial charge in [-0.2, -0.15) is 0 Å². The molecule has 2 heterocycles. The summed E-state index contributed by atoms with van der Waals surface area (Å²) in [6.45, 7) is 7.64. The second-order valence-electron chi connectivity index (χ2n) is 7.71. The van der Waals surface area contributed by atoms with Gasteiger partial charge in [0.25, 0.3) is 0 Å². The minimum atomic E-state index is -1.16. The molecule has 2 aliphatic rings. The molecule has 0 saturated carbocycles. The summed E-state index contributed by atoms with van der Waals surface area (Å²) in [4.78, 5) is 0. The third-order valence-corrected chi connectivity index (χ3v) is 17.9. The molecule has 2 saturated heterocycles. The average Bonchev–Trinajstić information content (AvgIpc) is 2.52. The predicted molar refractivity (Wildman–Crippen MR) is 118 cm³/mol. The van der Waals surface area contributed by atoms with Crippen LogP contribution in [0.5, 0.6) is 0 Å².